The highest BCUT2D eigenvalue weighted by Crippen LogP contribution is 2.10. The van der Waals surface area contributed by atoms with Crippen LogP contribution < -0.4 is 5.32 Å². The molecule has 1 fully saturated rings. The Morgan fingerprint density at radius 2 is 1.96 bits per heavy atom. The Morgan fingerprint density at radius 1 is 1.28 bits per heavy atom. The smallest absolute Gasteiger partial charge is 0.317 e. The molecule has 2 heterocycles. The maximum absolute atomic E-state index is 12.1. The van der Waals surface area contributed by atoms with Crippen LogP contribution in [-0.4, -0.2) is 86.1 Å². The number of urea groups is 1. The lowest BCUT2D eigenvalue weighted by Crippen LogP contribution is -2.52. The van der Waals surface area contributed by atoms with Crippen LogP contribution in [0.2, 0.25) is 0 Å². The van der Waals surface area contributed by atoms with E-state index >= 15 is 0 Å². The summed E-state index contributed by atoms with van der Waals surface area (Å²) in [5.41, 5.74) is 2.24. The molecule has 1 aromatic rings. The number of nitrogens with zero attached hydrogens (tertiary/aromatic N) is 4. The summed E-state index contributed by atoms with van der Waals surface area (Å²) in [6, 6.07) is 3.77. The molecule has 0 atom stereocenters. The maximum Gasteiger partial charge on any atom is 0.317 e. The van der Waals surface area contributed by atoms with Crippen LogP contribution in [-0.2, 0) is 16.6 Å². The van der Waals surface area contributed by atoms with Crippen molar-refractivity contribution in [1.29, 1.82) is 0 Å². The van der Waals surface area contributed by atoms with E-state index < -0.39 is 10.0 Å². The van der Waals surface area contributed by atoms with Gasteiger partial charge in [-0.3, -0.25) is 9.88 Å². The Bertz CT molecular complexity index is 685. The van der Waals surface area contributed by atoms with Crippen molar-refractivity contribution in [1.82, 2.24) is 24.4 Å². The van der Waals surface area contributed by atoms with Crippen molar-refractivity contribution in [3.63, 3.8) is 0 Å². The monoisotopic (exact) mass is 369 g/mol. The maximum atomic E-state index is 12.1. The number of piperazine rings is 1. The van der Waals surface area contributed by atoms with Gasteiger partial charge in [0.25, 0.3) is 0 Å². The van der Waals surface area contributed by atoms with Gasteiger partial charge in [-0.25, -0.2) is 17.5 Å². The molecule has 8 nitrogen and oxygen atoms in total. The normalized spacial score (nSPS) is 16.2. The van der Waals surface area contributed by atoms with Gasteiger partial charge in [-0.2, -0.15) is 0 Å². The summed E-state index contributed by atoms with van der Waals surface area (Å²) < 4.78 is 24.5. The first-order valence-electron chi connectivity index (χ1n) is 8.35. The van der Waals surface area contributed by atoms with Gasteiger partial charge in [-0.05, 0) is 18.6 Å². The third kappa shape index (κ3) is 5.65. The van der Waals surface area contributed by atoms with Gasteiger partial charge < -0.3 is 10.2 Å². The van der Waals surface area contributed by atoms with Gasteiger partial charge in [-0.1, -0.05) is 6.07 Å². The lowest BCUT2D eigenvalue weighted by molar-refractivity contribution is 0.134. The largest absolute Gasteiger partial charge is 0.337 e. The van der Waals surface area contributed by atoms with E-state index in [0.29, 0.717) is 13.1 Å². The molecular formula is C16H27N5O3S. The summed E-state index contributed by atoms with van der Waals surface area (Å²) >= 11 is 0. The number of aryl methyl sites for hydroxylation is 1. The third-order valence-electron chi connectivity index (χ3n) is 4.34. The van der Waals surface area contributed by atoms with E-state index in [1.165, 1.54) is 19.7 Å². The van der Waals surface area contributed by atoms with Crippen molar-refractivity contribution in [3.05, 3.63) is 29.6 Å². The number of carbonyl (C=O) groups is 1. The Kier molecular flexibility index (Phi) is 6.74. The van der Waals surface area contributed by atoms with Crippen LogP contribution >= 0.6 is 0 Å². The van der Waals surface area contributed by atoms with Gasteiger partial charge in [0.05, 0.1) is 11.4 Å². The first-order valence-corrected chi connectivity index (χ1v) is 9.96. The fourth-order valence-electron chi connectivity index (χ4n) is 2.59. The van der Waals surface area contributed by atoms with E-state index in [0.717, 1.165) is 29.6 Å². The second kappa shape index (κ2) is 8.59. The van der Waals surface area contributed by atoms with Gasteiger partial charge in [0.1, 0.15) is 0 Å². The molecule has 2 amide bonds. The number of nitrogens with one attached hydrogen (secondary N) is 1. The zero-order chi connectivity index (χ0) is 18.4. The van der Waals surface area contributed by atoms with E-state index in [-0.39, 0.29) is 18.3 Å². The Morgan fingerprint density at radius 3 is 2.56 bits per heavy atom. The molecular weight excluding hydrogens is 342 g/mol. The molecule has 140 valence electrons. The number of pyridine rings is 1. The van der Waals surface area contributed by atoms with Crippen LogP contribution in [0, 0.1) is 6.92 Å². The van der Waals surface area contributed by atoms with Gasteiger partial charge >= 0.3 is 6.03 Å². The van der Waals surface area contributed by atoms with Crippen molar-refractivity contribution >= 4 is 16.1 Å². The van der Waals surface area contributed by atoms with Gasteiger partial charge in [0.2, 0.25) is 10.0 Å². The van der Waals surface area contributed by atoms with Crippen LogP contribution in [0.1, 0.15) is 11.3 Å². The van der Waals surface area contributed by atoms with E-state index in [2.05, 4.69) is 15.2 Å². The van der Waals surface area contributed by atoms with Crippen molar-refractivity contribution in [3.8, 4) is 0 Å². The summed E-state index contributed by atoms with van der Waals surface area (Å²) in [4.78, 5) is 20.6. The first kappa shape index (κ1) is 19.6. The fourth-order valence-corrected chi connectivity index (χ4v) is 3.31. The average molecular weight is 369 g/mol. The molecule has 1 N–H and O–H groups in total. The van der Waals surface area contributed by atoms with Crippen LogP contribution in [0.3, 0.4) is 0 Å². The molecule has 0 unspecified atom stereocenters. The Labute approximate surface area is 149 Å². The standard InChI is InChI=1S/C16H27N5O3S/c1-14-5-4-6-17-15(14)13-20-8-10-21(11-9-20)16(22)18-7-12-25(23,24)19(2)3/h4-6H,7-13H2,1-3H3,(H,18,22). The molecule has 9 heteroatoms. The van der Waals surface area contributed by atoms with Crippen molar-refractivity contribution in [2.24, 2.45) is 0 Å². The molecule has 2 rings (SSSR count). The second-order valence-electron chi connectivity index (χ2n) is 6.36. The van der Waals surface area contributed by atoms with E-state index in [1.807, 2.05) is 19.1 Å². The quantitative estimate of drug-likeness (QED) is 0.769. The Hall–Kier alpha value is -1.71. The number of aromatic nitrogens is 1. The van der Waals surface area contributed by atoms with Crippen LogP contribution in [0.4, 0.5) is 4.79 Å². The van der Waals surface area contributed by atoms with E-state index in [1.54, 1.807) is 11.1 Å². The predicted octanol–water partition coefficient (Wildman–Crippen LogP) is 0.109. The summed E-state index contributed by atoms with van der Waals surface area (Å²) in [5.74, 6) is -0.0926. The molecule has 0 saturated carbocycles. The molecule has 0 aromatic carbocycles. The lowest BCUT2D eigenvalue weighted by atomic mass is 10.2. The zero-order valence-electron chi connectivity index (χ0n) is 15.1. The zero-order valence-corrected chi connectivity index (χ0v) is 15.9. The molecule has 0 bridgehead atoms. The van der Waals surface area contributed by atoms with E-state index in [9.17, 15) is 13.2 Å². The van der Waals surface area contributed by atoms with E-state index in [4.69, 9.17) is 0 Å². The molecule has 1 aliphatic heterocycles. The number of hydrogen-bond donors (Lipinski definition) is 1. The van der Waals surface area contributed by atoms with Crippen molar-refractivity contribution in [2.75, 3.05) is 52.6 Å². The minimum Gasteiger partial charge on any atom is -0.337 e. The highest BCUT2D eigenvalue weighted by atomic mass is 32.2. The highest BCUT2D eigenvalue weighted by Gasteiger charge is 2.22. The summed E-state index contributed by atoms with van der Waals surface area (Å²) in [7, 11) is -0.316. The van der Waals surface area contributed by atoms with Gasteiger partial charge in [0, 0.05) is 59.6 Å². The molecule has 1 aromatic heterocycles. The summed E-state index contributed by atoms with van der Waals surface area (Å²) in [6.07, 6.45) is 1.80. The second-order valence-corrected chi connectivity index (χ2v) is 8.66. The predicted molar refractivity (Wildman–Crippen MR) is 96.7 cm³/mol. The highest BCUT2D eigenvalue weighted by molar-refractivity contribution is 7.89. The number of carbonyl (C=O) groups excluding carboxylic acids is 1. The third-order valence-corrected chi connectivity index (χ3v) is 6.18. The van der Waals surface area contributed by atoms with Gasteiger partial charge in [-0.15, -0.1) is 0 Å². The topological polar surface area (TPSA) is 85.9 Å². The lowest BCUT2D eigenvalue weighted by Gasteiger charge is -2.34. The average Bonchev–Trinajstić information content (AvgIpc) is 2.57. The molecule has 1 aliphatic rings. The van der Waals surface area contributed by atoms with Gasteiger partial charge in [0.15, 0.2) is 0 Å². The SMILES string of the molecule is Cc1cccnc1CN1CCN(C(=O)NCCS(=O)(=O)N(C)C)CC1. The Balaban J connectivity index is 1.74. The van der Waals surface area contributed by atoms with Crippen LogP contribution in [0.25, 0.3) is 0 Å². The summed E-state index contributed by atoms with van der Waals surface area (Å²) in [5, 5.41) is 2.69. The minimum absolute atomic E-state index is 0.0926. The van der Waals surface area contributed by atoms with Crippen LogP contribution in [0.15, 0.2) is 18.3 Å². The fraction of sp³-hybridized carbons (Fsp3) is 0.625. The number of hydrogen-bond acceptors (Lipinski definition) is 5. The summed E-state index contributed by atoms with van der Waals surface area (Å²) in [6.45, 7) is 5.75. The number of rotatable bonds is 6. The van der Waals surface area contributed by atoms with Crippen LogP contribution in [0.5, 0.6) is 0 Å². The van der Waals surface area contributed by atoms with Crippen molar-refractivity contribution in [2.45, 2.75) is 13.5 Å². The molecule has 0 spiro atoms. The molecule has 25 heavy (non-hydrogen) atoms. The first-order chi connectivity index (χ1) is 11.8. The molecule has 0 aliphatic carbocycles. The number of amides is 2. The number of sulfonamides is 1. The molecule has 0 radical (unpaired) electrons. The van der Waals surface area contributed by atoms with Crippen molar-refractivity contribution < 1.29 is 13.2 Å². The molecule has 1 saturated heterocycles. The minimum atomic E-state index is -3.29.